The molecule has 0 bridgehead atoms. The van der Waals surface area contributed by atoms with Crippen LogP contribution in [-0.4, -0.2) is 42.2 Å². The third-order valence-electron chi connectivity index (χ3n) is 4.85. The summed E-state index contributed by atoms with van der Waals surface area (Å²) in [5.74, 6) is 0.719. The zero-order valence-electron chi connectivity index (χ0n) is 16.4. The summed E-state index contributed by atoms with van der Waals surface area (Å²) >= 11 is 0. The fraction of sp³-hybridized carbons (Fsp3) is 0.381. The first kappa shape index (κ1) is 20.6. The molecule has 0 spiro atoms. The highest BCUT2D eigenvalue weighted by atomic mass is 16.6. The number of nitro groups is 1. The maximum atomic E-state index is 12.9. The van der Waals surface area contributed by atoms with Gasteiger partial charge in [-0.15, -0.1) is 0 Å². The molecule has 2 aromatic rings. The number of amides is 2. The van der Waals surface area contributed by atoms with Gasteiger partial charge < -0.3 is 19.7 Å². The maximum Gasteiger partial charge on any atom is 0.318 e. The van der Waals surface area contributed by atoms with Gasteiger partial charge in [0.1, 0.15) is 5.75 Å². The van der Waals surface area contributed by atoms with Crippen molar-refractivity contribution in [3.8, 4) is 5.75 Å². The molecule has 1 aliphatic heterocycles. The van der Waals surface area contributed by atoms with E-state index in [4.69, 9.17) is 9.47 Å². The molecule has 0 aliphatic carbocycles. The SMILES string of the molecule is COc1ccccc1CN(CC1CCCO1)C(=O)NCc1cccc([N+](=O)[O-])c1. The zero-order valence-corrected chi connectivity index (χ0v) is 16.4. The number of nitro benzene ring substituents is 1. The molecule has 2 aromatic carbocycles. The molecule has 29 heavy (non-hydrogen) atoms. The first-order chi connectivity index (χ1) is 14.1. The highest BCUT2D eigenvalue weighted by molar-refractivity contribution is 5.74. The average molecular weight is 399 g/mol. The predicted octanol–water partition coefficient (Wildman–Crippen LogP) is 3.49. The van der Waals surface area contributed by atoms with Crippen LogP contribution in [0, 0.1) is 10.1 Å². The van der Waals surface area contributed by atoms with Crippen LogP contribution in [0.15, 0.2) is 48.5 Å². The van der Waals surface area contributed by atoms with Gasteiger partial charge in [-0.2, -0.15) is 0 Å². The highest BCUT2D eigenvalue weighted by Gasteiger charge is 2.23. The van der Waals surface area contributed by atoms with Crippen LogP contribution in [-0.2, 0) is 17.8 Å². The predicted molar refractivity (Wildman–Crippen MR) is 108 cm³/mol. The van der Waals surface area contributed by atoms with Gasteiger partial charge in [0.15, 0.2) is 0 Å². The molecule has 1 heterocycles. The van der Waals surface area contributed by atoms with Crippen molar-refractivity contribution in [1.29, 1.82) is 0 Å². The van der Waals surface area contributed by atoms with Crippen LogP contribution >= 0.6 is 0 Å². The number of nitrogens with zero attached hydrogens (tertiary/aromatic N) is 2. The van der Waals surface area contributed by atoms with Crippen LogP contribution in [0.1, 0.15) is 24.0 Å². The molecule has 0 aromatic heterocycles. The van der Waals surface area contributed by atoms with Crippen LogP contribution in [0.2, 0.25) is 0 Å². The maximum absolute atomic E-state index is 12.9. The fourth-order valence-corrected chi connectivity index (χ4v) is 3.36. The van der Waals surface area contributed by atoms with Gasteiger partial charge in [-0.1, -0.05) is 30.3 Å². The molecule has 154 valence electrons. The minimum absolute atomic E-state index is 0.00184. The normalized spacial score (nSPS) is 15.7. The smallest absolute Gasteiger partial charge is 0.318 e. The Morgan fingerprint density at radius 1 is 1.31 bits per heavy atom. The van der Waals surface area contributed by atoms with E-state index in [0.717, 1.165) is 24.2 Å². The lowest BCUT2D eigenvalue weighted by Gasteiger charge is -2.26. The summed E-state index contributed by atoms with van der Waals surface area (Å²) in [6.45, 7) is 1.76. The summed E-state index contributed by atoms with van der Waals surface area (Å²) < 4.78 is 11.1. The summed E-state index contributed by atoms with van der Waals surface area (Å²) in [6.07, 6.45) is 1.91. The number of carbonyl (C=O) groups is 1. The second-order valence-corrected chi connectivity index (χ2v) is 6.91. The van der Waals surface area contributed by atoms with E-state index in [1.54, 1.807) is 24.1 Å². The van der Waals surface area contributed by atoms with Crippen LogP contribution in [0.3, 0.4) is 0 Å². The van der Waals surface area contributed by atoms with Crippen LogP contribution in [0.4, 0.5) is 10.5 Å². The van der Waals surface area contributed by atoms with Gasteiger partial charge in [0, 0.05) is 37.4 Å². The average Bonchev–Trinajstić information content (AvgIpc) is 3.25. The van der Waals surface area contributed by atoms with Crippen molar-refractivity contribution in [3.05, 3.63) is 69.8 Å². The molecule has 2 amide bonds. The minimum Gasteiger partial charge on any atom is -0.496 e. The summed E-state index contributed by atoms with van der Waals surface area (Å²) in [5.41, 5.74) is 1.57. The van der Waals surface area contributed by atoms with Crippen molar-refractivity contribution in [2.24, 2.45) is 0 Å². The Balaban J connectivity index is 1.69. The molecule has 8 nitrogen and oxygen atoms in total. The van der Waals surface area contributed by atoms with Gasteiger partial charge in [0.25, 0.3) is 5.69 Å². The minimum atomic E-state index is -0.448. The second-order valence-electron chi connectivity index (χ2n) is 6.91. The number of para-hydroxylation sites is 1. The molecule has 1 unspecified atom stereocenters. The number of hydrogen-bond donors (Lipinski definition) is 1. The van der Waals surface area contributed by atoms with E-state index in [1.807, 2.05) is 24.3 Å². The van der Waals surface area contributed by atoms with Crippen molar-refractivity contribution in [2.75, 3.05) is 20.3 Å². The molecule has 1 aliphatic rings. The standard InChI is InChI=1S/C21H25N3O5/c1-28-20-10-3-2-7-17(20)14-23(15-19-9-5-11-29-19)21(25)22-13-16-6-4-8-18(12-16)24(26)27/h2-4,6-8,10,12,19H,5,9,11,13-15H2,1H3,(H,22,25). The van der Waals surface area contributed by atoms with Crippen molar-refractivity contribution in [1.82, 2.24) is 10.2 Å². The first-order valence-corrected chi connectivity index (χ1v) is 9.56. The quantitative estimate of drug-likeness (QED) is 0.542. The number of ether oxygens (including phenoxy) is 2. The lowest BCUT2D eigenvalue weighted by molar-refractivity contribution is -0.384. The van der Waals surface area contributed by atoms with Crippen molar-refractivity contribution < 1.29 is 19.2 Å². The molecule has 1 fully saturated rings. The number of nitrogens with one attached hydrogen (secondary N) is 1. The van der Waals surface area contributed by atoms with Gasteiger partial charge in [-0.3, -0.25) is 10.1 Å². The van der Waals surface area contributed by atoms with Gasteiger partial charge in [0.05, 0.1) is 24.7 Å². The third-order valence-corrected chi connectivity index (χ3v) is 4.85. The lowest BCUT2D eigenvalue weighted by atomic mass is 10.1. The number of rotatable bonds is 8. The Hall–Kier alpha value is -3.13. The van der Waals surface area contributed by atoms with E-state index in [0.29, 0.717) is 25.3 Å². The van der Waals surface area contributed by atoms with Crippen LogP contribution < -0.4 is 10.1 Å². The molecule has 3 rings (SSSR count). The molecule has 8 heteroatoms. The number of hydrogen-bond acceptors (Lipinski definition) is 5. The van der Waals surface area contributed by atoms with Gasteiger partial charge in [-0.05, 0) is 24.5 Å². The number of urea groups is 1. The zero-order chi connectivity index (χ0) is 20.6. The Bertz CT molecular complexity index is 852. The summed E-state index contributed by atoms with van der Waals surface area (Å²) in [5, 5.41) is 13.8. The topological polar surface area (TPSA) is 93.9 Å². The summed E-state index contributed by atoms with van der Waals surface area (Å²) in [4.78, 5) is 25.1. The van der Waals surface area contributed by atoms with Crippen LogP contribution in [0.5, 0.6) is 5.75 Å². The van der Waals surface area contributed by atoms with Gasteiger partial charge >= 0.3 is 6.03 Å². The fourth-order valence-electron chi connectivity index (χ4n) is 3.36. The van der Waals surface area contributed by atoms with E-state index in [1.165, 1.54) is 12.1 Å². The largest absolute Gasteiger partial charge is 0.496 e. The van der Waals surface area contributed by atoms with E-state index >= 15 is 0 Å². The second kappa shape index (κ2) is 9.88. The number of benzene rings is 2. The molecule has 1 saturated heterocycles. The molecule has 0 radical (unpaired) electrons. The number of non-ortho nitro benzene ring substituents is 1. The van der Waals surface area contributed by atoms with E-state index < -0.39 is 4.92 Å². The molecule has 1 N–H and O–H groups in total. The lowest BCUT2D eigenvalue weighted by Crippen LogP contribution is -2.43. The summed E-state index contributed by atoms with van der Waals surface area (Å²) in [7, 11) is 1.60. The van der Waals surface area contributed by atoms with Gasteiger partial charge in [0.2, 0.25) is 0 Å². The van der Waals surface area contributed by atoms with Crippen LogP contribution in [0.25, 0.3) is 0 Å². The monoisotopic (exact) mass is 399 g/mol. The molecular weight excluding hydrogens is 374 g/mol. The van der Waals surface area contributed by atoms with Crippen molar-refractivity contribution in [3.63, 3.8) is 0 Å². The highest BCUT2D eigenvalue weighted by Crippen LogP contribution is 2.21. The first-order valence-electron chi connectivity index (χ1n) is 9.56. The Morgan fingerprint density at radius 3 is 2.86 bits per heavy atom. The van der Waals surface area contributed by atoms with E-state index in [-0.39, 0.29) is 24.4 Å². The number of methoxy groups -OCH3 is 1. The van der Waals surface area contributed by atoms with E-state index in [9.17, 15) is 14.9 Å². The number of carbonyl (C=O) groups excluding carboxylic acids is 1. The van der Waals surface area contributed by atoms with Gasteiger partial charge in [-0.25, -0.2) is 4.79 Å². The molecule has 0 saturated carbocycles. The van der Waals surface area contributed by atoms with Crippen molar-refractivity contribution >= 4 is 11.7 Å². The molecular formula is C21H25N3O5. The van der Waals surface area contributed by atoms with Crippen molar-refractivity contribution in [2.45, 2.75) is 32.0 Å². The molecule has 1 atom stereocenters. The summed E-state index contributed by atoms with van der Waals surface area (Å²) in [6, 6.07) is 13.6. The Kier molecular flexibility index (Phi) is 7.02. The Morgan fingerprint density at radius 2 is 2.14 bits per heavy atom. The van der Waals surface area contributed by atoms with E-state index in [2.05, 4.69) is 5.32 Å². The Labute approximate surface area is 169 Å². The third kappa shape index (κ3) is 5.68.